The summed E-state index contributed by atoms with van der Waals surface area (Å²) in [6.45, 7) is 0.507. The smallest absolute Gasteiger partial charge is 0.261 e. The van der Waals surface area contributed by atoms with E-state index < -0.39 is 0 Å². The Balaban J connectivity index is 1.60. The Bertz CT molecular complexity index is 668. The summed E-state index contributed by atoms with van der Waals surface area (Å²) < 4.78 is 19.5. The number of carbonyl (C=O) groups excluding carboxylic acids is 1. The van der Waals surface area contributed by atoms with Crippen LogP contribution >= 0.6 is 15.9 Å². The van der Waals surface area contributed by atoms with Crippen molar-refractivity contribution in [2.75, 3.05) is 6.61 Å². The molecule has 23 heavy (non-hydrogen) atoms. The molecule has 1 amide bonds. The zero-order valence-corrected chi connectivity index (χ0v) is 14.1. The van der Waals surface area contributed by atoms with E-state index in [4.69, 9.17) is 4.74 Å². The summed E-state index contributed by atoms with van der Waals surface area (Å²) in [5.74, 6) is 0.357. The van der Waals surface area contributed by atoms with Crippen LogP contribution in [0, 0.1) is 5.82 Å². The number of rotatable bonds is 6. The summed E-state index contributed by atoms with van der Waals surface area (Å²) in [6.07, 6.45) is 2.04. The number of hydrogen-bond acceptors (Lipinski definition) is 2. The van der Waals surface area contributed by atoms with E-state index in [1.54, 1.807) is 12.1 Å². The van der Waals surface area contributed by atoms with Gasteiger partial charge in [0, 0.05) is 17.1 Å². The molecule has 0 N–H and O–H groups in total. The fourth-order valence-electron chi connectivity index (χ4n) is 2.35. The minimum absolute atomic E-state index is 0.0132. The maximum Gasteiger partial charge on any atom is 0.261 e. The van der Waals surface area contributed by atoms with Crippen LogP contribution in [-0.2, 0) is 11.3 Å². The Hall–Kier alpha value is -1.88. The van der Waals surface area contributed by atoms with Crippen molar-refractivity contribution in [3.8, 4) is 5.75 Å². The lowest BCUT2D eigenvalue weighted by Gasteiger charge is -2.22. The second kappa shape index (κ2) is 7.13. The first-order chi connectivity index (χ1) is 11.1. The molecule has 1 saturated carbocycles. The highest BCUT2D eigenvalue weighted by Crippen LogP contribution is 2.28. The molecule has 0 spiro atoms. The van der Waals surface area contributed by atoms with Crippen LogP contribution in [0.3, 0.4) is 0 Å². The molecule has 2 aromatic carbocycles. The van der Waals surface area contributed by atoms with E-state index >= 15 is 0 Å². The van der Waals surface area contributed by atoms with Crippen LogP contribution in [-0.4, -0.2) is 23.5 Å². The van der Waals surface area contributed by atoms with Crippen LogP contribution in [0.1, 0.15) is 18.4 Å². The molecule has 1 fully saturated rings. The number of ether oxygens (including phenoxy) is 1. The summed E-state index contributed by atoms with van der Waals surface area (Å²) >= 11 is 3.36. The number of benzene rings is 2. The van der Waals surface area contributed by atoms with Gasteiger partial charge in [0.25, 0.3) is 5.91 Å². The Morgan fingerprint density at radius 1 is 1.13 bits per heavy atom. The second-order valence-corrected chi connectivity index (χ2v) is 6.54. The van der Waals surface area contributed by atoms with Crippen molar-refractivity contribution < 1.29 is 13.9 Å². The van der Waals surface area contributed by atoms with Crippen molar-refractivity contribution in [2.24, 2.45) is 0 Å². The minimum atomic E-state index is -0.267. The number of carbonyl (C=O) groups is 1. The average Bonchev–Trinajstić information content (AvgIpc) is 3.38. The van der Waals surface area contributed by atoms with Crippen molar-refractivity contribution in [3.63, 3.8) is 0 Å². The molecule has 1 aliphatic carbocycles. The molecule has 5 heteroatoms. The predicted molar refractivity (Wildman–Crippen MR) is 89.6 cm³/mol. The van der Waals surface area contributed by atoms with Gasteiger partial charge in [0.05, 0.1) is 0 Å². The summed E-state index contributed by atoms with van der Waals surface area (Å²) in [5.41, 5.74) is 0.926. The maximum absolute atomic E-state index is 13.0. The van der Waals surface area contributed by atoms with E-state index in [9.17, 15) is 9.18 Å². The Morgan fingerprint density at radius 3 is 2.39 bits per heavy atom. The normalized spacial score (nSPS) is 13.7. The van der Waals surface area contributed by atoms with Gasteiger partial charge in [-0.2, -0.15) is 0 Å². The molecule has 0 aliphatic heterocycles. The van der Waals surface area contributed by atoms with Crippen molar-refractivity contribution in [1.82, 2.24) is 4.90 Å². The van der Waals surface area contributed by atoms with Crippen LogP contribution in [0.4, 0.5) is 4.39 Å². The van der Waals surface area contributed by atoms with E-state index in [1.165, 1.54) is 12.1 Å². The highest BCUT2D eigenvalue weighted by molar-refractivity contribution is 9.10. The molecule has 0 heterocycles. The third-order valence-electron chi connectivity index (χ3n) is 3.75. The number of amides is 1. The average molecular weight is 378 g/mol. The van der Waals surface area contributed by atoms with E-state index in [1.807, 2.05) is 29.2 Å². The van der Waals surface area contributed by atoms with E-state index in [0.717, 1.165) is 22.9 Å². The Morgan fingerprint density at radius 2 is 1.78 bits per heavy atom. The first-order valence-corrected chi connectivity index (χ1v) is 8.33. The van der Waals surface area contributed by atoms with Gasteiger partial charge in [-0.15, -0.1) is 0 Å². The molecule has 0 unspecified atom stereocenters. The zero-order chi connectivity index (χ0) is 16.2. The van der Waals surface area contributed by atoms with Crippen molar-refractivity contribution >= 4 is 21.8 Å². The van der Waals surface area contributed by atoms with E-state index in [0.29, 0.717) is 12.3 Å². The number of nitrogens with zero attached hydrogens (tertiary/aromatic N) is 1. The Labute approximate surface area is 143 Å². The van der Waals surface area contributed by atoms with Crippen LogP contribution in [0.5, 0.6) is 5.75 Å². The molecular weight excluding hydrogens is 361 g/mol. The van der Waals surface area contributed by atoms with Gasteiger partial charge in [0.15, 0.2) is 6.61 Å². The lowest BCUT2D eigenvalue weighted by atomic mass is 10.2. The van der Waals surface area contributed by atoms with Gasteiger partial charge in [0.2, 0.25) is 0 Å². The molecule has 0 saturated heterocycles. The van der Waals surface area contributed by atoms with Crippen molar-refractivity contribution in [3.05, 3.63) is 64.4 Å². The first kappa shape index (κ1) is 16.0. The fourth-order valence-corrected chi connectivity index (χ4v) is 2.62. The van der Waals surface area contributed by atoms with E-state index in [2.05, 4.69) is 15.9 Å². The number of hydrogen-bond donors (Lipinski definition) is 0. The molecule has 120 valence electrons. The Kier molecular flexibility index (Phi) is 4.96. The van der Waals surface area contributed by atoms with Gasteiger partial charge in [-0.1, -0.05) is 28.1 Å². The minimum Gasteiger partial charge on any atom is -0.484 e. The van der Waals surface area contributed by atoms with Crippen LogP contribution in [0.25, 0.3) is 0 Å². The first-order valence-electron chi connectivity index (χ1n) is 7.54. The maximum atomic E-state index is 13.0. The molecule has 0 atom stereocenters. The molecule has 1 aliphatic rings. The molecular formula is C18H17BrFNO2. The summed E-state index contributed by atoms with van der Waals surface area (Å²) in [6, 6.07) is 13.9. The van der Waals surface area contributed by atoms with Gasteiger partial charge in [-0.05, 0) is 54.8 Å². The van der Waals surface area contributed by atoms with Crippen molar-refractivity contribution in [2.45, 2.75) is 25.4 Å². The van der Waals surface area contributed by atoms with Crippen LogP contribution < -0.4 is 4.74 Å². The number of halogens is 2. The SMILES string of the molecule is O=C(COc1ccc(Br)cc1)N(Cc1ccc(F)cc1)C1CC1. The van der Waals surface area contributed by atoms with E-state index in [-0.39, 0.29) is 24.4 Å². The molecule has 0 radical (unpaired) electrons. The fraction of sp³-hybridized carbons (Fsp3) is 0.278. The van der Waals surface area contributed by atoms with Gasteiger partial charge in [-0.25, -0.2) is 4.39 Å². The lowest BCUT2D eigenvalue weighted by Crippen LogP contribution is -2.36. The topological polar surface area (TPSA) is 29.5 Å². The van der Waals surface area contributed by atoms with Gasteiger partial charge >= 0.3 is 0 Å². The predicted octanol–water partition coefficient (Wildman–Crippen LogP) is 4.16. The zero-order valence-electron chi connectivity index (χ0n) is 12.5. The van der Waals surface area contributed by atoms with Gasteiger partial charge < -0.3 is 9.64 Å². The molecule has 0 aromatic heterocycles. The van der Waals surface area contributed by atoms with Gasteiger partial charge in [0.1, 0.15) is 11.6 Å². The third kappa shape index (κ3) is 4.55. The third-order valence-corrected chi connectivity index (χ3v) is 4.28. The highest BCUT2D eigenvalue weighted by atomic mass is 79.9. The summed E-state index contributed by atoms with van der Waals surface area (Å²) in [7, 11) is 0. The molecule has 3 nitrogen and oxygen atoms in total. The molecule has 3 rings (SSSR count). The van der Waals surface area contributed by atoms with Gasteiger partial charge in [-0.3, -0.25) is 4.79 Å². The highest BCUT2D eigenvalue weighted by Gasteiger charge is 2.32. The monoisotopic (exact) mass is 377 g/mol. The standard InChI is InChI=1S/C18H17BrFNO2/c19-14-3-9-17(10-4-14)23-12-18(22)21(16-7-8-16)11-13-1-5-15(20)6-2-13/h1-6,9-10,16H,7-8,11-12H2. The quantitative estimate of drug-likeness (QED) is 0.756. The van der Waals surface area contributed by atoms with Crippen LogP contribution in [0.15, 0.2) is 53.0 Å². The van der Waals surface area contributed by atoms with Crippen molar-refractivity contribution in [1.29, 1.82) is 0 Å². The largest absolute Gasteiger partial charge is 0.484 e. The summed E-state index contributed by atoms with van der Waals surface area (Å²) in [5, 5.41) is 0. The summed E-state index contributed by atoms with van der Waals surface area (Å²) in [4.78, 5) is 14.3. The molecule has 0 bridgehead atoms. The molecule has 2 aromatic rings. The van der Waals surface area contributed by atoms with Crippen LogP contribution in [0.2, 0.25) is 0 Å². The lowest BCUT2D eigenvalue weighted by molar-refractivity contribution is -0.134. The second-order valence-electron chi connectivity index (χ2n) is 5.62.